The van der Waals surface area contributed by atoms with Crippen LogP contribution in [0.3, 0.4) is 0 Å². The molecule has 0 unspecified atom stereocenters. The summed E-state index contributed by atoms with van der Waals surface area (Å²) in [6.07, 6.45) is 0. The van der Waals surface area contributed by atoms with Crippen LogP contribution >= 0.6 is 11.3 Å². The van der Waals surface area contributed by atoms with E-state index < -0.39 is 0 Å². The van der Waals surface area contributed by atoms with Crippen LogP contribution in [0.2, 0.25) is 0 Å². The molecule has 3 heterocycles. The number of thiophene rings is 1. The number of hydrogen-bond donors (Lipinski definition) is 0. The minimum absolute atomic E-state index is 0.0273. The maximum atomic E-state index is 2.56. The second-order valence-corrected chi connectivity index (χ2v) is 13.6. The van der Waals surface area contributed by atoms with Gasteiger partial charge in [0.2, 0.25) is 0 Å². The first kappa shape index (κ1) is 26.6. The normalized spacial score (nSPS) is 13.1. The first-order valence-corrected chi connectivity index (χ1v) is 17.0. The molecule has 2 aliphatic heterocycles. The fourth-order valence-electron chi connectivity index (χ4n) is 7.90. The van der Waals surface area contributed by atoms with E-state index in [0.29, 0.717) is 0 Å². The summed E-state index contributed by atoms with van der Waals surface area (Å²) in [5, 5.41) is 2.63. The molecule has 0 radical (unpaired) electrons. The Kier molecular flexibility index (Phi) is 5.79. The quantitative estimate of drug-likeness (QED) is 0.182. The van der Waals surface area contributed by atoms with Gasteiger partial charge in [0.15, 0.2) is 0 Å². The van der Waals surface area contributed by atoms with Gasteiger partial charge in [-0.3, -0.25) is 0 Å². The van der Waals surface area contributed by atoms with Crippen molar-refractivity contribution >= 4 is 77.7 Å². The molecule has 0 saturated carbocycles. The minimum atomic E-state index is 0.0273. The Balaban J connectivity index is 1.31. The van der Waals surface area contributed by atoms with E-state index in [0.717, 1.165) is 0 Å². The molecule has 0 atom stereocenters. The summed E-state index contributed by atoms with van der Waals surface area (Å²) in [6, 6.07) is 58.3. The fourth-order valence-corrected chi connectivity index (χ4v) is 9.17. The summed E-state index contributed by atoms with van der Waals surface area (Å²) in [6.45, 7) is 2.19. The van der Waals surface area contributed by atoms with E-state index in [-0.39, 0.29) is 6.85 Å². The van der Waals surface area contributed by atoms with Crippen molar-refractivity contribution in [2.24, 2.45) is 0 Å². The average molecular weight is 617 g/mol. The maximum absolute atomic E-state index is 2.56. The van der Waals surface area contributed by atoms with Gasteiger partial charge in [-0.05, 0) is 71.4 Å². The Bertz CT molecular complexity index is 2500. The monoisotopic (exact) mass is 616 g/mol. The predicted molar refractivity (Wildman–Crippen MR) is 203 cm³/mol. The van der Waals surface area contributed by atoms with E-state index in [1.54, 1.807) is 0 Å². The summed E-state index contributed by atoms with van der Waals surface area (Å²) < 4.78 is 2.64. The molecule has 2 aliphatic rings. The van der Waals surface area contributed by atoms with Gasteiger partial charge in [-0.2, -0.15) is 0 Å². The molecule has 220 valence electrons. The molecule has 2 nitrogen and oxygen atoms in total. The number of rotatable bonds is 3. The second-order valence-electron chi connectivity index (χ2n) is 12.6. The van der Waals surface area contributed by atoms with Crippen LogP contribution in [0.5, 0.6) is 0 Å². The van der Waals surface area contributed by atoms with E-state index in [1.165, 1.54) is 87.4 Å². The smallest absolute Gasteiger partial charge is 0.333 e. The van der Waals surface area contributed by atoms with Crippen LogP contribution in [-0.4, -0.2) is 6.85 Å². The first-order valence-electron chi connectivity index (χ1n) is 16.2. The molecule has 0 fully saturated rings. The highest BCUT2D eigenvalue weighted by Crippen LogP contribution is 2.51. The van der Waals surface area contributed by atoms with Gasteiger partial charge in [-0.1, -0.05) is 121 Å². The molecular formula is C43H29BN2S. The highest BCUT2D eigenvalue weighted by atomic mass is 32.1. The Morgan fingerprint density at radius 3 is 2.09 bits per heavy atom. The molecule has 1 aromatic heterocycles. The van der Waals surface area contributed by atoms with Gasteiger partial charge in [0, 0.05) is 54.0 Å². The van der Waals surface area contributed by atoms with E-state index in [9.17, 15) is 0 Å². The lowest BCUT2D eigenvalue weighted by atomic mass is 9.43. The lowest BCUT2D eigenvalue weighted by molar-refractivity contribution is 1.27. The molecule has 0 N–H and O–H groups in total. The van der Waals surface area contributed by atoms with Crippen molar-refractivity contribution in [2.75, 3.05) is 9.71 Å². The van der Waals surface area contributed by atoms with Crippen LogP contribution in [0.4, 0.5) is 28.4 Å². The number of para-hydroxylation sites is 2. The topological polar surface area (TPSA) is 6.48 Å². The molecule has 4 heteroatoms. The lowest BCUT2D eigenvalue weighted by Gasteiger charge is -2.46. The third kappa shape index (κ3) is 3.86. The third-order valence-electron chi connectivity index (χ3n) is 9.92. The van der Waals surface area contributed by atoms with E-state index in [2.05, 4.69) is 174 Å². The summed E-state index contributed by atoms with van der Waals surface area (Å²) in [5.74, 6) is 0. The Hall–Kier alpha value is -5.58. The Labute approximate surface area is 278 Å². The SMILES string of the molecule is Cc1ccc(N2B3c4ccccc4N(c4ccc5c(sc6ccccc65)c4-c4ccccc4)c4cccc(c43)-c3ccccc32)cc1. The predicted octanol–water partition coefficient (Wildman–Crippen LogP) is 10.7. The molecule has 0 bridgehead atoms. The van der Waals surface area contributed by atoms with Crippen molar-refractivity contribution < 1.29 is 0 Å². The fraction of sp³-hybridized carbons (Fsp3) is 0.0233. The minimum Gasteiger partial charge on any atom is -0.376 e. The molecule has 0 spiro atoms. The molecular weight excluding hydrogens is 587 g/mol. The van der Waals surface area contributed by atoms with Gasteiger partial charge in [0.25, 0.3) is 0 Å². The van der Waals surface area contributed by atoms with Crippen molar-refractivity contribution in [1.82, 2.24) is 0 Å². The lowest BCUT2D eigenvalue weighted by Crippen LogP contribution is -2.61. The molecule has 10 rings (SSSR count). The van der Waals surface area contributed by atoms with Crippen molar-refractivity contribution in [2.45, 2.75) is 6.92 Å². The van der Waals surface area contributed by atoms with Gasteiger partial charge in [-0.25, -0.2) is 0 Å². The number of fused-ring (bicyclic) bond motifs is 7. The van der Waals surface area contributed by atoms with Crippen molar-refractivity contribution in [3.05, 3.63) is 163 Å². The molecule has 8 aromatic rings. The molecule has 7 aromatic carbocycles. The highest BCUT2D eigenvalue weighted by Gasteiger charge is 2.44. The molecule has 0 saturated heterocycles. The zero-order valence-electron chi connectivity index (χ0n) is 25.9. The summed E-state index contributed by atoms with van der Waals surface area (Å²) >= 11 is 1.90. The van der Waals surface area contributed by atoms with Gasteiger partial charge in [-0.15, -0.1) is 11.3 Å². The highest BCUT2D eigenvalue weighted by molar-refractivity contribution is 7.26. The average Bonchev–Trinajstić information content (AvgIpc) is 3.51. The van der Waals surface area contributed by atoms with Crippen LogP contribution in [0.15, 0.2) is 158 Å². The van der Waals surface area contributed by atoms with Gasteiger partial charge in [0.1, 0.15) is 0 Å². The summed E-state index contributed by atoms with van der Waals surface area (Å²) in [5.41, 5.74) is 15.1. The van der Waals surface area contributed by atoms with E-state index in [4.69, 9.17) is 0 Å². The molecule has 0 amide bonds. The number of aryl methyl sites for hydroxylation is 1. The number of nitrogens with zero attached hydrogens (tertiary/aromatic N) is 2. The van der Waals surface area contributed by atoms with Crippen molar-refractivity contribution in [3.63, 3.8) is 0 Å². The standard InChI is InChI=1S/C43H29BN2S/c1-28-22-24-30(25-23-28)46-36-18-8-5-14-31(36)33-16-11-20-39-42(33)44(46)35-17-7-9-19-37(35)45(39)38-27-26-34-32-15-6-10-21-40(32)47-43(34)41(38)29-12-3-2-4-13-29/h2-27H,1H3. The zero-order valence-corrected chi connectivity index (χ0v) is 26.7. The summed E-state index contributed by atoms with van der Waals surface area (Å²) in [7, 11) is 0. The number of anilines is 5. The van der Waals surface area contributed by atoms with Crippen LogP contribution in [0.1, 0.15) is 5.56 Å². The maximum Gasteiger partial charge on any atom is 0.333 e. The molecule has 47 heavy (non-hydrogen) atoms. The van der Waals surface area contributed by atoms with E-state index >= 15 is 0 Å². The Morgan fingerprint density at radius 1 is 0.511 bits per heavy atom. The van der Waals surface area contributed by atoms with Gasteiger partial charge < -0.3 is 9.71 Å². The summed E-state index contributed by atoms with van der Waals surface area (Å²) in [4.78, 5) is 5.10. The third-order valence-corrected chi connectivity index (χ3v) is 11.1. The molecule has 0 aliphatic carbocycles. The largest absolute Gasteiger partial charge is 0.376 e. The Morgan fingerprint density at radius 2 is 1.21 bits per heavy atom. The van der Waals surface area contributed by atoms with E-state index in [1.807, 2.05) is 11.3 Å². The van der Waals surface area contributed by atoms with Crippen LogP contribution < -0.4 is 20.6 Å². The van der Waals surface area contributed by atoms with Gasteiger partial charge >= 0.3 is 6.85 Å². The number of benzene rings is 7. The van der Waals surface area contributed by atoms with Gasteiger partial charge in [0.05, 0.1) is 5.69 Å². The van der Waals surface area contributed by atoms with Crippen LogP contribution in [0.25, 0.3) is 42.4 Å². The zero-order chi connectivity index (χ0) is 31.1. The second kappa shape index (κ2) is 10.2. The first-order chi connectivity index (χ1) is 23.3. The number of hydrogen-bond acceptors (Lipinski definition) is 3. The van der Waals surface area contributed by atoms with Crippen molar-refractivity contribution in [1.29, 1.82) is 0 Å². The van der Waals surface area contributed by atoms with Crippen LogP contribution in [0, 0.1) is 6.92 Å². The van der Waals surface area contributed by atoms with Crippen molar-refractivity contribution in [3.8, 4) is 22.3 Å². The van der Waals surface area contributed by atoms with Crippen LogP contribution in [-0.2, 0) is 0 Å².